The van der Waals surface area contributed by atoms with Crippen molar-refractivity contribution in [2.45, 2.75) is 45.1 Å². The van der Waals surface area contributed by atoms with Crippen molar-refractivity contribution in [3.63, 3.8) is 0 Å². The van der Waals surface area contributed by atoms with Gasteiger partial charge in [-0.3, -0.25) is 0 Å². The molecule has 0 saturated heterocycles. The van der Waals surface area contributed by atoms with Crippen LogP contribution in [0.1, 0.15) is 38.2 Å². The zero-order chi connectivity index (χ0) is 23.5. The zero-order valence-corrected chi connectivity index (χ0v) is 19.8. The van der Waals surface area contributed by atoms with E-state index in [0.717, 1.165) is 37.8 Å². The SMILES string of the molecule is C=C(C)C(=O)OCCCCCCc1ccc(N=NC2C=CC(N(C)C)=CC2=S(=O)=O)cc1. The summed E-state index contributed by atoms with van der Waals surface area (Å²) in [5, 5.41) is 8.43. The highest BCUT2D eigenvalue weighted by Gasteiger charge is 2.17. The molecule has 1 aromatic rings. The first-order chi connectivity index (χ1) is 15.3. The van der Waals surface area contributed by atoms with Gasteiger partial charge in [0.25, 0.3) is 0 Å². The Morgan fingerprint density at radius 1 is 1.12 bits per heavy atom. The van der Waals surface area contributed by atoms with Gasteiger partial charge in [-0.2, -0.15) is 18.6 Å². The molecular formula is C24H31N3O4S. The minimum absolute atomic E-state index is 0.200. The maximum atomic E-state index is 11.6. The summed E-state index contributed by atoms with van der Waals surface area (Å²) in [5.74, 6) is -0.327. The second kappa shape index (κ2) is 12.8. The van der Waals surface area contributed by atoms with Crippen LogP contribution < -0.4 is 0 Å². The molecule has 2 rings (SSSR count). The van der Waals surface area contributed by atoms with Gasteiger partial charge in [-0.15, -0.1) is 0 Å². The molecule has 0 aliphatic heterocycles. The standard InChI is InChI=1S/C24H31N3O4S/c1-18(2)24(28)31-16-8-6-5-7-9-19-10-12-20(13-11-19)25-26-22-15-14-21(27(3)4)17-23(22)32(29)30/h10-15,17,22H,1,5-9,16H2,2-4H3. The van der Waals surface area contributed by atoms with Crippen LogP contribution in [0.5, 0.6) is 0 Å². The van der Waals surface area contributed by atoms with Crippen LogP contribution in [0.25, 0.3) is 0 Å². The van der Waals surface area contributed by atoms with Crippen LogP contribution in [0.4, 0.5) is 5.69 Å². The largest absolute Gasteiger partial charge is 0.462 e. The van der Waals surface area contributed by atoms with E-state index in [4.69, 9.17) is 4.74 Å². The molecule has 1 aromatic carbocycles. The number of carbonyl (C=O) groups excluding carboxylic acids is 1. The van der Waals surface area contributed by atoms with Gasteiger partial charge in [-0.1, -0.05) is 37.6 Å². The van der Waals surface area contributed by atoms with Crippen LogP contribution in [0.3, 0.4) is 0 Å². The summed E-state index contributed by atoms with van der Waals surface area (Å²) in [6.45, 7) is 5.64. The number of carbonyl (C=O) groups is 1. The second-order valence-electron chi connectivity index (χ2n) is 7.87. The number of unbranched alkanes of at least 4 members (excludes halogenated alkanes) is 3. The Hall–Kier alpha value is -3.00. The van der Waals surface area contributed by atoms with E-state index in [1.54, 1.807) is 19.1 Å². The van der Waals surface area contributed by atoms with Crippen molar-refractivity contribution in [3.8, 4) is 0 Å². The third kappa shape index (κ3) is 8.26. The van der Waals surface area contributed by atoms with E-state index in [1.165, 1.54) is 5.56 Å². The van der Waals surface area contributed by atoms with Gasteiger partial charge in [0.15, 0.2) is 0 Å². The molecule has 0 heterocycles. The fourth-order valence-corrected chi connectivity index (χ4v) is 3.55. The van der Waals surface area contributed by atoms with Crippen molar-refractivity contribution >= 4 is 26.8 Å². The summed E-state index contributed by atoms with van der Waals surface area (Å²) in [4.78, 5) is 13.3. The first-order valence-electron chi connectivity index (χ1n) is 10.6. The maximum absolute atomic E-state index is 11.6. The lowest BCUT2D eigenvalue weighted by molar-refractivity contribution is -0.139. The smallest absolute Gasteiger partial charge is 0.333 e. The van der Waals surface area contributed by atoms with Crippen molar-refractivity contribution in [2.24, 2.45) is 10.2 Å². The van der Waals surface area contributed by atoms with Crippen LogP contribution in [0, 0.1) is 0 Å². The number of allylic oxidation sites excluding steroid dienone is 1. The fraction of sp³-hybridized carbons (Fsp3) is 0.417. The molecule has 1 aliphatic carbocycles. The van der Waals surface area contributed by atoms with E-state index in [9.17, 15) is 13.2 Å². The number of ether oxygens (including phenoxy) is 1. The number of esters is 1. The number of likely N-dealkylation sites (N-methyl/N-ethyl adjacent to an activating group) is 1. The van der Waals surface area contributed by atoms with E-state index in [-0.39, 0.29) is 10.8 Å². The van der Waals surface area contributed by atoms with Crippen molar-refractivity contribution in [3.05, 3.63) is 65.9 Å². The molecular weight excluding hydrogens is 426 g/mol. The quantitative estimate of drug-likeness (QED) is 0.161. The zero-order valence-electron chi connectivity index (χ0n) is 19.0. The summed E-state index contributed by atoms with van der Waals surface area (Å²) in [6.07, 6.45) is 10.1. The van der Waals surface area contributed by atoms with Crippen molar-refractivity contribution < 1.29 is 17.9 Å². The van der Waals surface area contributed by atoms with Gasteiger partial charge in [-0.05, 0) is 56.0 Å². The number of azo groups is 1. The Bertz CT molecular complexity index is 1030. The minimum atomic E-state index is -2.36. The number of aryl methyl sites for hydroxylation is 1. The molecule has 1 aliphatic rings. The van der Waals surface area contributed by atoms with Gasteiger partial charge >= 0.3 is 5.97 Å². The van der Waals surface area contributed by atoms with Crippen LogP contribution in [0.15, 0.2) is 70.6 Å². The van der Waals surface area contributed by atoms with E-state index in [1.807, 2.05) is 49.3 Å². The lowest BCUT2D eigenvalue weighted by Gasteiger charge is -2.18. The number of nitrogens with zero attached hydrogens (tertiary/aromatic N) is 3. The normalized spacial score (nSPS) is 15.5. The Morgan fingerprint density at radius 2 is 1.81 bits per heavy atom. The van der Waals surface area contributed by atoms with E-state index in [2.05, 4.69) is 16.8 Å². The third-order valence-corrected chi connectivity index (χ3v) is 5.66. The number of hydrogen-bond donors (Lipinski definition) is 0. The average molecular weight is 458 g/mol. The summed E-state index contributed by atoms with van der Waals surface area (Å²) < 4.78 is 28.2. The third-order valence-electron chi connectivity index (χ3n) is 4.92. The Balaban J connectivity index is 1.79. The predicted molar refractivity (Wildman–Crippen MR) is 128 cm³/mol. The van der Waals surface area contributed by atoms with Gasteiger partial charge in [0.2, 0.25) is 10.3 Å². The lowest BCUT2D eigenvalue weighted by Crippen LogP contribution is -2.22. The molecule has 0 spiro atoms. The molecule has 1 unspecified atom stereocenters. The lowest BCUT2D eigenvalue weighted by atomic mass is 10.1. The minimum Gasteiger partial charge on any atom is -0.462 e. The molecule has 7 nitrogen and oxygen atoms in total. The highest BCUT2D eigenvalue weighted by atomic mass is 32.2. The summed E-state index contributed by atoms with van der Waals surface area (Å²) >= 11 is 0. The summed E-state index contributed by atoms with van der Waals surface area (Å²) in [5.41, 5.74) is 3.12. The van der Waals surface area contributed by atoms with Crippen molar-refractivity contribution in [2.75, 3.05) is 20.7 Å². The Morgan fingerprint density at radius 3 is 2.44 bits per heavy atom. The Kier molecular flexibility index (Phi) is 10.1. The van der Waals surface area contributed by atoms with Crippen LogP contribution in [-0.2, 0) is 26.2 Å². The van der Waals surface area contributed by atoms with E-state index in [0.29, 0.717) is 17.9 Å². The van der Waals surface area contributed by atoms with Gasteiger partial charge < -0.3 is 9.64 Å². The average Bonchev–Trinajstić information content (AvgIpc) is 2.77. The van der Waals surface area contributed by atoms with E-state index >= 15 is 0 Å². The van der Waals surface area contributed by atoms with Gasteiger partial charge in [0, 0.05) is 25.4 Å². The molecule has 0 aromatic heterocycles. The van der Waals surface area contributed by atoms with Crippen LogP contribution in [-0.4, -0.2) is 50.9 Å². The highest BCUT2D eigenvalue weighted by Crippen LogP contribution is 2.19. The first kappa shape index (κ1) is 25.3. The summed E-state index contributed by atoms with van der Waals surface area (Å²) in [6, 6.07) is 7.18. The highest BCUT2D eigenvalue weighted by molar-refractivity contribution is 7.73. The molecule has 0 N–H and O–H groups in total. The molecule has 0 saturated carbocycles. The first-order valence-corrected chi connectivity index (χ1v) is 11.7. The molecule has 0 fully saturated rings. The number of hydrogen-bond acceptors (Lipinski definition) is 7. The number of benzene rings is 1. The van der Waals surface area contributed by atoms with Crippen molar-refractivity contribution in [1.82, 2.24) is 4.90 Å². The molecule has 0 bridgehead atoms. The fourth-order valence-electron chi connectivity index (χ4n) is 3.02. The second-order valence-corrected chi connectivity index (χ2v) is 8.81. The van der Waals surface area contributed by atoms with Gasteiger partial charge in [0.1, 0.15) is 10.9 Å². The number of rotatable bonds is 11. The van der Waals surface area contributed by atoms with Gasteiger partial charge in [-0.25, -0.2) is 4.79 Å². The molecule has 0 radical (unpaired) electrons. The van der Waals surface area contributed by atoms with E-state index < -0.39 is 16.3 Å². The van der Waals surface area contributed by atoms with Crippen LogP contribution in [0.2, 0.25) is 0 Å². The predicted octanol–water partition coefficient (Wildman–Crippen LogP) is 4.43. The Labute approximate surface area is 191 Å². The molecule has 0 amide bonds. The summed E-state index contributed by atoms with van der Waals surface area (Å²) in [7, 11) is 1.35. The van der Waals surface area contributed by atoms with Gasteiger partial charge in [0.05, 0.1) is 12.3 Å². The molecule has 8 heteroatoms. The molecule has 1 atom stereocenters. The molecule has 32 heavy (non-hydrogen) atoms. The molecule has 172 valence electrons. The van der Waals surface area contributed by atoms with Crippen LogP contribution >= 0.6 is 0 Å². The monoisotopic (exact) mass is 457 g/mol. The topological polar surface area (TPSA) is 88.4 Å². The van der Waals surface area contributed by atoms with Crippen molar-refractivity contribution in [1.29, 1.82) is 0 Å². The maximum Gasteiger partial charge on any atom is 0.333 e.